The number of rotatable bonds is 8. The summed E-state index contributed by atoms with van der Waals surface area (Å²) in [5, 5.41) is 17.9. The third kappa shape index (κ3) is 8.23. The minimum atomic E-state index is -0.692. The smallest absolute Gasteiger partial charge is 0.252 e. The zero-order valence-electron chi connectivity index (χ0n) is 28.2. The quantitative estimate of drug-likeness (QED) is 0.176. The van der Waals surface area contributed by atoms with E-state index in [0.29, 0.717) is 18.7 Å². The van der Waals surface area contributed by atoms with E-state index >= 15 is 0 Å². The summed E-state index contributed by atoms with van der Waals surface area (Å²) in [6.07, 6.45) is 6.75. The third-order valence-corrected chi connectivity index (χ3v) is 11.8. The Labute approximate surface area is 300 Å². The van der Waals surface area contributed by atoms with E-state index in [1.807, 2.05) is 65.0 Å². The molecule has 4 aromatic heterocycles. The molecule has 2 saturated heterocycles. The predicted octanol–water partition coefficient (Wildman–Crippen LogP) is 7.31. The molecule has 258 valence electrons. The average molecular weight is 732 g/mol. The molecule has 2 unspecified atom stereocenters. The zero-order valence-corrected chi connectivity index (χ0v) is 31.3. The van der Waals surface area contributed by atoms with E-state index < -0.39 is 16.2 Å². The highest BCUT2D eigenvalue weighted by molar-refractivity contribution is 7.16. The van der Waals surface area contributed by atoms with Crippen LogP contribution in [0.5, 0.6) is 0 Å². The number of aryl methyl sites for hydroxylation is 4. The second-order valence-corrected chi connectivity index (χ2v) is 17.7. The maximum absolute atomic E-state index is 13.0. The lowest BCUT2D eigenvalue weighted by Gasteiger charge is -2.30. The van der Waals surface area contributed by atoms with Gasteiger partial charge in [0.1, 0.15) is 0 Å². The number of piperidine rings is 2. The van der Waals surface area contributed by atoms with E-state index in [1.54, 1.807) is 22.7 Å². The van der Waals surface area contributed by atoms with Gasteiger partial charge < -0.3 is 10.6 Å². The van der Waals surface area contributed by atoms with E-state index in [9.17, 15) is 14.4 Å². The Kier molecular flexibility index (Phi) is 11.2. The summed E-state index contributed by atoms with van der Waals surface area (Å²) in [5.41, 5.74) is 1.68. The Bertz CT molecular complexity index is 1770. The molecule has 2 atom stereocenters. The van der Waals surface area contributed by atoms with Gasteiger partial charge in [-0.15, -0.1) is 22.7 Å². The first-order valence-corrected chi connectivity index (χ1v) is 18.8. The molecule has 2 amide bonds. The van der Waals surface area contributed by atoms with Crippen LogP contribution in [0.25, 0.3) is 0 Å². The van der Waals surface area contributed by atoms with Crippen LogP contribution in [0.4, 0.5) is 0 Å². The fourth-order valence-corrected chi connectivity index (χ4v) is 8.18. The molecule has 0 saturated carbocycles. The second kappa shape index (κ2) is 14.9. The molecule has 6 rings (SSSR count). The summed E-state index contributed by atoms with van der Waals surface area (Å²) >= 11 is 15.1. The van der Waals surface area contributed by atoms with Crippen molar-refractivity contribution >= 4 is 63.6 Å². The van der Waals surface area contributed by atoms with Crippen molar-refractivity contribution in [3.63, 3.8) is 0 Å². The normalized spacial score (nSPS) is 21.3. The summed E-state index contributed by atoms with van der Waals surface area (Å²) in [7, 11) is 0. The number of hydrogen-bond acceptors (Lipinski definition) is 7. The lowest BCUT2D eigenvalue weighted by atomic mass is 9.79. The van der Waals surface area contributed by atoms with Crippen molar-refractivity contribution in [2.75, 3.05) is 13.1 Å². The molecule has 3 N–H and O–H groups in total. The molecular weight excluding hydrogens is 687 g/mol. The van der Waals surface area contributed by atoms with Gasteiger partial charge in [-0.3, -0.25) is 19.5 Å². The molecule has 0 radical (unpaired) electrons. The Hall–Kier alpha value is -2.99. The van der Waals surface area contributed by atoms with Crippen LogP contribution < -0.4 is 10.6 Å². The van der Waals surface area contributed by atoms with Gasteiger partial charge >= 0.3 is 0 Å². The van der Waals surface area contributed by atoms with Gasteiger partial charge in [0.25, 0.3) is 5.91 Å². The van der Waals surface area contributed by atoms with Gasteiger partial charge in [0.2, 0.25) is 11.8 Å². The molecule has 13 heteroatoms. The minimum Gasteiger partial charge on any atom is -0.355 e. The molecule has 6 heterocycles. The number of H-pyrrole nitrogens is 1. The number of nitrogens with one attached hydrogen (secondary N) is 3. The highest BCUT2D eigenvalue weighted by atomic mass is 35.5. The third-order valence-electron chi connectivity index (χ3n) is 9.19. The number of amides is 2. The number of thiophene rings is 2. The van der Waals surface area contributed by atoms with Gasteiger partial charge in [0.15, 0.2) is 0 Å². The number of hydrogen-bond donors (Lipinski definition) is 3. The molecule has 0 bridgehead atoms. The fraction of sp³-hybridized carbons (Fsp3) is 0.514. The monoisotopic (exact) mass is 730 g/mol. The van der Waals surface area contributed by atoms with Crippen LogP contribution in [0.3, 0.4) is 0 Å². The summed E-state index contributed by atoms with van der Waals surface area (Å²) in [6, 6.07) is 11.8. The van der Waals surface area contributed by atoms with Gasteiger partial charge in [-0.25, -0.2) is 4.68 Å². The minimum absolute atomic E-state index is 0.0156. The molecule has 2 fully saturated rings. The molecule has 2 aliphatic heterocycles. The average Bonchev–Trinajstić information content (AvgIpc) is 3.85. The largest absolute Gasteiger partial charge is 0.355 e. The van der Waals surface area contributed by atoms with Crippen LogP contribution in [-0.2, 0) is 46.1 Å². The summed E-state index contributed by atoms with van der Waals surface area (Å²) in [4.78, 5) is 40.1. The van der Waals surface area contributed by atoms with Gasteiger partial charge in [-0.05, 0) is 102 Å². The van der Waals surface area contributed by atoms with Crippen molar-refractivity contribution in [3.05, 3.63) is 77.6 Å². The maximum Gasteiger partial charge on any atom is 0.252 e. The number of aromatic nitrogens is 4. The highest BCUT2D eigenvalue weighted by Gasteiger charge is 2.41. The van der Waals surface area contributed by atoms with Crippen LogP contribution in [-0.4, -0.2) is 50.8 Å². The van der Waals surface area contributed by atoms with Crippen LogP contribution in [0.15, 0.2) is 36.4 Å². The topological polar surface area (TPSA) is 122 Å². The van der Waals surface area contributed by atoms with E-state index in [0.717, 1.165) is 77.2 Å². The van der Waals surface area contributed by atoms with E-state index in [-0.39, 0.29) is 17.7 Å². The molecule has 0 aromatic carbocycles. The first-order chi connectivity index (χ1) is 22.7. The van der Waals surface area contributed by atoms with Crippen molar-refractivity contribution in [1.29, 1.82) is 0 Å². The summed E-state index contributed by atoms with van der Waals surface area (Å²) < 4.78 is 3.09. The van der Waals surface area contributed by atoms with E-state index in [2.05, 4.69) is 32.0 Å². The number of halogens is 2. The lowest BCUT2D eigenvalue weighted by molar-refractivity contribution is -0.128. The Balaban J connectivity index is 0.000000194. The van der Waals surface area contributed by atoms with Crippen molar-refractivity contribution in [1.82, 2.24) is 30.6 Å². The molecule has 9 nitrogen and oxygen atoms in total. The van der Waals surface area contributed by atoms with E-state index in [1.165, 1.54) is 14.4 Å². The van der Waals surface area contributed by atoms with Gasteiger partial charge in [0.05, 0.1) is 30.9 Å². The molecule has 2 aliphatic rings. The zero-order chi connectivity index (χ0) is 34.7. The SMILES string of the molecule is CC(C)(C)C(=O)n1nc(C2(C)CCCNC2=O)cc1CCc1ccc(Cl)s1.CC1(c2cc(CCc3ccc(Cl)s3)[nH]n2)CCCNC1=O. The van der Waals surface area contributed by atoms with Crippen LogP contribution in [0.1, 0.15) is 97.6 Å². The van der Waals surface area contributed by atoms with Crippen LogP contribution in [0, 0.1) is 5.41 Å². The molecular formula is C35H44Cl2N6O3S2. The first-order valence-electron chi connectivity index (χ1n) is 16.4. The number of nitrogens with zero attached hydrogens (tertiary/aromatic N) is 3. The molecule has 4 aromatic rings. The fourth-order valence-electron chi connectivity index (χ4n) is 6.01. The van der Waals surface area contributed by atoms with Crippen molar-refractivity contribution < 1.29 is 14.4 Å². The van der Waals surface area contributed by atoms with Crippen LogP contribution >= 0.6 is 45.9 Å². The molecule has 0 spiro atoms. The van der Waals surface area contributed by atoms with Gasteiger partial charge in [-0.2, -0.15) is 10.2 Å². The van der Waals surface area contributed by atoms with Gasteiger partial charge in [0, 0.05) is 39.6 Å². The van der Waals surface area contributed by atoms with Crippen molar-refractivity contribution in [2.24, 2.45) is 5.41 Å². The summed E-state index contributed by atoms with van der Waals surface area (Å²) in [6.45, 7) is 11.0. The predicted molar refractivity (Wildman–Crippen MR) is 194 cm³/mol. The van der Waals surface area contributed by atoms with Crippen molar-refractivity contribution in [2.45, 2.75) is 96.8 Å². The number of carbonyl (C=O) groups excluding carboxylic acids is 3. The summed E-state index contributed by atoms with van der Waals surface area (Å²) in [5.74, 6) is 0.00261. The number of carbonyl (C=O) groups is 3. The standard InChI is InChI=1S/C20H26ClN3O2S.C15H18ClN3OS/c1-19(2,3)18(26)24-13(6-7-14-8-9-16(21)27-14)12-15(23-24)20(4)10-5-11-22-17(20)25;1-15(7-2-8-17-14(15)20)12-9-10(18-19-12)3-4-11-5-6-13(16)21-11/h8-9,12H,5-7,10-11H2,1-4H3,(H,22,25);5-6,9H,2-4,7-8H2,1H3,(H,17,20)(H,18,19). The maximum atomic E-state index is 13.0. The Morgan fingerprint density at radius 3 is 1.88 bits per heavy atom. The number of aromatic amines is 1. The lowest BCUT2D eigenvalue weighted by Crippen LogP contribution is -2.47. The molecule has 48 heavy (non-hydrogen) atoms. The highest BCUT2D eigenvalue weighted by Crippen LogP contribution is 2.33. The van der Waals surface area contributed by atoms with Crippen LogP contribution in [0.2, 0.25) is 8.67 Å². The second-order valence-electron chi connectivity index (χ2n) is 14.1. The van der Waals surface area contributed by atoms with Gasteiger partial charge in [-0.1, -0.05) is 44.0 Å². The van der Waals surface area contributed by atoms with Crippen molar-refractivity contribution in [3.8, 4) is 0 Å². The Morgan fingerprint density at radius 1 is 0.833 bits per heavy atom. The Morgan fingerprint density at radius 2 is 1.38 bits per heavy atom. The molecule has 0 aliphatic carbocycles. The van der Waals surface area contributed by atoms with E-state index in [4.69, 9.17) is 23.2 Å². The first kappa shape index (κ1) is 36.3.